The molecule has 0 spiro atoms. The molecule has 5 rings (SSSR count). The van der Waals surface area contributed by atoms with Crippen molar-refractivity contribution in [1.82, 2.24) is 0 Å². The second kappa shape index (κ2) is 9.38. The van der Waals surface area contributed by atoms with E-state index in [-0.39, 0.29) is 5.97 Å². The summed E-state index contributed by atoms with van der Waals surface area (Å²) in [5, 5.41) is 0. The molecule has 180 valence electrons. The van der Waals surface area contributed by atoms with E-state index in [4.69, 9.17) is 4.74 Å². The minimum absolute atomic E-state index is 0.311. The normalized spacial score (nSPS) is 16.9. The zero-order valence-electron chi connectivity index (χ0n) is 21.1. The number of esters is 1. The molecule has 4 nitrogen and oxygen atoms in total. The number of carbonyl (C=O) groups is 1. The van der Waals surface area contributed by atoms with Crippen molar-refractivity contribution in [2.45, 2.75) is 5.60 Å². The number of fused-ring (bicyclic) bond motifs is 1. The first kappa shape index (κ1) is 23.4. The lowest BCUT2D eigenvalue weighted by molar-refractivity contribution is 0.0276. The van der Waals surface area contributed by atoms with Gasteiger partial charge < -0.3 is 14.5 Å². The first-order chi connectivity index (χ1) is 17.4. The first-order valence-corrected chi connectivity index (χ1v) is 12.1. The average Bonchev–Trinajstić information content (AvgIpc) is 3.20. The highest BCUT2D eigenvalue weighted by Gasteiger charge is 2.45. The summed E-state index contributed by atoms with van der Waals surface area (Å²) in [6, 6.07) is 34.7. The lowest BCUT2D eigenvalue weighted by atomic mass is 9.81. The van der Waals surface area contributed by atoms with E-state index >= 15 is 0 Å². The Labute approximate surface area is 213 Å². The van der Waals surface area contributed by atoms with Crippen molar-refractivity contribution in [2.75, 3.05) is 38.0 Å². The molecule has 0 bridgehead atoms. The van der Waals surface area contributed by atoms with Crippen molar-refractivity contribution in [3.8, 4) is 0 Å². The molecule has 4 heteroatoms. The van der Waals surface area contributed by atoms with Gasteiger partial charge in [-0.3, -0.25) is 0 Å². The Hall–Kier alpha value is -4.31. The molecular weight excluding hydrogens is 444 g/mol. The van der Waals surface area contributed by atoms with Gasteiger partial charge in [0.2, 0.25) is 0 Å². The van der Waals surface area contributed by atoms with Crippen LogP contribution >= 0.6 is 0 Å². The van der Waals surface area contributed by atoms with E-state index in [1.54, 1.807) is 0 Å². The molecule has 0 aromatic heterocycles. The summed E-state index contributed by atoms with van der Waals surface area (Å²) < 4.78 is 6.30. The molecule has 4 aromatic carbocycles. The number of ether oxygens (including phenoxy) is 1. The van der Waals surface area contributed by atoms with Crippen LogP contribution in [0.1, 0.15) is 32.6 Å². The van der Waals surface area contributed by atoms with Crippen molar-refractivity contribution in [3.63, 3.8) is 0 Å². The van der Waals surface area contributed by atoms with Crippen LogP contribution in [-0.2, 0) is 10.3 Å². The summed E-state index contributed by atoms with van der Waals surface area (Å²) in [6.45, 7) is 0. The molecule has 1 atom stereocenters. The lowest BCUT2D eigenvalue weighted by Crippen LogP contribution is -2.26. The van der Waals surface area contributed by atoms with E-state index in [0.717, 1.165) is 39.2 Å². The van der Waals surface area contributed by atoms with Crippen molar-refractivity contribution in [1.29, 1.82) is 0 Å². The molecule has 0 amide bonds. The molecule has 0 saturated heterocycles. The summed E-state index contributed by atoms with van der Waals surface area (Å²) >= 11 is 0. The fraction of sp³-hybridized carbons (Fsp3) is 0.156. The number of cyclic esters (lactones) is 1. The second-order valence-corrected chi connectivity index (χ2v) is 9.48. The quantitative estimate of drug-likeness (QED) is 0.304. The van der Waals surface area contributed by atoms with E-state index in [9.17, 15) is 4.79 Å². The molecule has 1 unspecified atom stereocenters. The SMILES string of the molecule is CN(C)c1ccc(C(=CC2(c3ccc(N(C)C)cc3)OC(=O)c3ccccc32)c2ccccc2)cc1. The Balaban J connectivity index is 1.77. The predicted molar refractivity (Wildman–Crippen MR) is 148 cm³/mol. The van der Waals surface area contributed by atoms with Gasteiger partial charge in [-0.05, 0) is 53.1 Å². The van der Waals surface area contributed by atoms with Gasteiger partial charge in [-0.1, -0.05) is 72.8 Å². The monoisotopic (exact) mass is 474 g/mol. The van der Waals surface area contributed by atoms with Crippen LogP contribution in [0.25, 0.3) is 5.57 Å². The molecule has 36 heavy (non-hydrogen) atoms. The van der Waals surface area contributed by atoms with E-state index < -0.39 is 5.60 Å². The molecular formula is C32H30N2O2. The van der Waals surface area contributed by atoms with Crippen LogP contribution in [-0.4, -0.2) is 34.2 Å². The van der Waals surface area contributed by atoms with Gasteiger partial charge in [0.15, 0.2) is 5.60 Å². The van der Waals surface area contributed by atoms with Crippen LogP contribution in [0.3, 0.4) is 0 Å². The van der Waals surface area contributed by atoms with Gasteiger partial charge in [0.05, 0.1) is 5.56 Å². The first-order valence-electron chi connectivity index (χ1n) is 12.1. The molecule has 0 N–H and O–H groups in total. The van der Waals surface area contributed by atoms with E-state index in [1.165, 1.54) is 0 Å². The highest BCUT2D eigenvalue weighted by atomic mass is 16.6. The third-order valence-electron chi connectivity index (χ3n) is 6.74. The average molecular weight is 475 g/mol. The van der Waals surface area contributed by atoms with Gasteiger partial charge in [0.1, 0.15) is 0 Å². The third-order valence-corrected chi connectivity index (χ3v) is 6.74. The maximum atomic E-state index is 13.1. The topological polar surface area (TPSA) is 32.8 Å². The highest BCUT2D eigenvalue weighted by molar-refractivity contribution is 5.97. The Morgan fingerprint density at radius 2 is 1.19 bits per heavy atom. The van der Waals surface area contributed by atoms with Gasteiger partial charge >= 0.3 is 5.97 Å². The maximum Gasteiger partial charge on any atom is 0.340 e. The number of hydrogen-bond acceptors (Lipinski definition) is 4. The number of rotatable bonds is 6. The van der Waals surface area contributed by atoms with Crippen LogP contribution in [0, 0.1) is 0 Å². The van der Waals surface area contributed by atoms with Crippen molar-refractivity contribution in [2.24, 2.45) is 0 Å². The Kier molecular flexibility index (Phi) is 6.11. The Bertz CT molecular complexity index is 1410. The number of carbonyl (C=O) groups excluding carboxylic acids is 1. The standard InChI is InChI=1S/C32H30N2O2/c1-33(2)26-18-14-24(15-19-26)29(23-10-6-5-7-11-23)22-32(25-16-20-27(21-17-25)34(3)4)30-13-9-8-12-28(30)31(35)36-32/h5-22H,1-4H3. The molecule has 0 fully saturated rings. The number of anilines is 2. The number of hydrogen-bond donors (Lipinski definition) is 0. The Morgan fingerprint density at radius 3 is 1.81 bits per heavy atom. The van der Waals surface area contributed by atoms with Crippen LogP contribution in [0.15, 0.2) is 109 Å². The zero-order chi connectivity index (χ0) is 25.3. The zero-order valence-corrected chi connectivity index (χ0v) is 21.1. The molecule has 4 aromatic rings. The maximum absolute atomic E-state index is 13.1. The van der Waals surface area contributed by atoms with Crippen LogP contribution in [0.2, 0.25) is 0 Å². The third kappa shape index (κ3) is 4.16. The van der Waals surface area contributed by atoms with Crippen LogP contribution in [0.4, 0.5) is 11.4 Å². The molecule has 1 heterocycles. The molecule has 0 aliphatic carbocycles. The summed E-state index contributed by atoms with van der Waals surface area (Å²) in [6.07, 6.45) is 2.11. The summed E-state index contributed by atoms with van der Waals surface area (Å²) in [5.74, 6) is -0.311. The van der Waals surface area contributed by atoms with Crippen molar-refractivity contribution in [3.05, 3.63) is 137 Å². The predicted octanol–water partition coefficient (Wildman–Crippen LogP) is 6.36. The second-order valence-electron chi connectivity index (χ2n) is 9.48. The van der Waals surface area contributed by atoms with Gasteiger partial charge in [-0.2, -0.15) is 0 Å². The van der Waals surface area contributed by atoms with Crippen molar-refractivity contribution >= 4 is 22.9 Å². The van der Waals surface area contributed by atoms with E-state index in [2.05, 4.69) is 76.5 Å². The summed E-state index contributed by atoms with van der Waals surface area (Å²) in [5.41, 5.74) is 6.62. The van der Waals surface area contributed by atoms with Crippen LogP contribution < -0.4 is 9.80 Å². The van der Waals surface area contributed by atoms with Crippen molar-refractivity contribution < 1.29 is 9.53 Å². The number of nitrogens with zero attached hydrogens (tertiary/aromatic N) is 2. The largest absolute Gasteiger partial charge is 0.441 e. The minimum atomic E-state index is -1.05. The number of benzene rings is 4. The molecule has 0 saturated carbocycles. The molecule has 1 aliphatic rings. The fourth-order valence-electron chi connectivity index (χ4n) is 4.75. The van der Waals surface area contributed by atoms with Crippen LogP contribution in [0.5, 0.6) is 0 Å². The minimum Gasteiger partial charge on any atom is -0.441 e. The van der Waals surface area contributed by atoms with Gasteiger partial charge in [0.25, 0.3) is 0 Å². The van der Waals surface area contributed by atoms with E-state index in [0.29, 0.717) is 5.56 Å². The van der Waals surface area contributed by atoms with Gasteiger partial charge in [0, 0.05) is 50.7 Å². The van der Waals surface area contributed by atoms with E-state index in [1.807, 2.05) is 70.7 Å². The van der Waals surface area contributed by atoms with Gasteiger partial charge in [-0.25, -0.2) is 4.79 Å². The van der Waals surface area contributed by atoms with Gasteiger partial charge in [-0.15, -0.1) is 0 Å². The summed E-state index contributed by atoms with van der Waals surface area (Å²) in [7, 11) is 8.09. The summed E-state index contributed by atoms with van der Waals surface area (Å²) in [4.78, 5) is 17.3. The Morgan fingerprint density at radius 1 is 0.667 bits per heavy atom. The smallest absolute Gasteiger partial charge is 0.340 e. The fourth-order valence-corrected chi connectivity index (χ4v) is 4.75. The molecule has 1 aliphatic heterocycles. The lowest BCUT2D eigenvalue weighted by Gasteiger charge is -2.28. The molecule has 0 radical (unpaired) electrons. The highest BCUT2D eigenvalue weighted by Crippen LogP contribution is 2.46.